The topological polar surface area (TPSA) is 49.6 Å². The van der Waals surface area contributed by atoms with Crippen LogP contribution in [0.15, 0.2) is 48.7 Å². The van der Waals surface area contributed by atoms with Gasteiger partial charge in [0.05, 0.1) is 5.52 Å². The van der Waals surface area contributed by atoms with Crippen LogP contribution in [0.5, 0.6) is 0 Å². The summed E-state index contributed by atoms with van der Waals surface area (Å²) in [6.45, 7) is 0.602. The first-order valence-corrected chi connectivity index (χ1v) is 9.15. The van der Waals surface area contributed by atoms with Crippen LogP contribution in [-0.4, -0.2) is 35.9 Å². The van der Waals surface area contributed by atoms with Crippen molar-refractivity contribution in [3.05, 3.63) is 65.7 Å². The summed E-state index contributed by atoms with van der Waals surface area (Å²) >= 11 is 0. The summed E-state index contributed by atoms with van der Waals surface area (Å²) in [7, 11) is 4.06. The van der Waals surface area contributed by atoms with E-state index < -0.39 is 0 Å². The Morgan fingerprint density at radius 2 is 1.96 bits per heavy atom. The number of nitrogens with zero attached hydrogens (tertiary/aromatic N) is 3. The van der Waals surface area contributed by atoms with E-state index in [0.29, 0.717) is 18.2 Å². The standard InChI is InChI=1S/C21H24N4O/c1-24(2)17-10-6-15(7-11-17)12-13-22-21(26)19-18-5-3-4-14-25(18)20(23-19)16-8-9-16/h3-7,10-11,14,16H,8-9,12-13H2,1-2H3,(H,22,26). The third-order valence-electron chi connectivity index (χ3n) is 4.89. The lowest BCUT2D eigenvalue weighted by Gasteiger charge is -2.12. The fraction of sp³-hybridized carbons (Fsp3) is 0.333. The van der Waals surface area contributed by atoms with Crippen LogP contribution in [0.2, 0.25) is 0 Å². The molecule has 0 atom stereocenters. The number of carbonyl (C=O) groups excluding carboxylic acids is 1. The molecule has 134 valence electrons. The molecule has 26 heavy (non-hydrogen) atoms. The molecule has 1 amide bonds. The molecule has 0 unspecified atom stereocenters. The van der Waals surface area contributed by atoms with Crippen molar-refractivity contribution in [3.8, 4) is 0 Å². The highest BCUT2D eigenvalue weighted by Crippen LogP contribution is 2.39. The SMILES string of the molecule is CN(C)c1ccc(CCNC(=O)c2nc(C3CC3)n3ccccc23)cc1. The summed E-state index contributed by atoms with van der Waals surface area (Å²) in [5.74, 6) is 1.43. The summed E-state index contributed by atoms with van der Waals surface area (Å²) in [6, 6.07) is 14.3. The van der Waals surface area contributed by atoms with Crippen LogP contribution in [0.1, 0.15) is 40.6 Å². The van der Waals surface area contributed by atoms with E-state index in [1.54, 1.807) is 0 Å². The minimum Gasteiger partial charge on any atom is -0.378 e. The van der Waals surface area contributed by atoms with E-state index in [1.165, 1.54) is 11.3 Å². The monoisotopic (exact) mass is 348 g/mol. The minimum atomic E-state index is -0.0921. The second-order valence-corrected chi connectivity index (χ2v) is 7.12. The number of imidazole rings is 1. The smallest absolute Gasteiger partial charge is 0.272 e. The predicted octanol–water partition coefficient (Wildman–Crippen LogP) is 3.25. The van der Waals surface area contributed by atoms with Crippen molar-refractivity contribution >= 4 is 17.1 Å². The van der Waals surface area contributed by atoms with Crippen LogP contribution in [0, 0.1) is 0 Å². The maximum atomic E-state index is 12.7. The number of carbonyl (C=O) groups is 1. The van der Waals surface area contributed by atoms with Crippen LogP contribution >= 0.6 is 0 Å². The van der Waals surface area contributed by atoms with Crippen molar-refractivity contribution in [2.24, 2.45) is 0 Å². The second kappa shape index (κ2) is 6.83. The molecule has 1 aliphatic carbocycles. The Morgan fingerprint density at radius 1 is 1.19 bits per heavy atom. The zero-order valence-electron chi connectivity index (χ0n) is 15.3. The van der Waals surface area contributed by atoms with Gasteiger partial charge in [0.25, 0.3) is 5.91 Å². The number of hydrogen-bond donors (Lipinski definition) is 1. The van der Waals surface area contributed by atoms with E-state index in [2.05, 4.69) is 43.9 Å². The Balaban J connectivity index is 1.43. The lowest BCUT2D eigenvalue weighted by Crippen LogP contribution is -2.26. The van der Waals surface area contributed by atoms with Gasteiger partial charge in [-0.25, -0.2) is 4.98 Å². The highest BCUT2D eigenvalue weighted by Gasteiger charge is 2.30. The lowest BCUT2D eigenvalue weighted by atomic mass is 10.1. The molecule has 3 aromatic rings. The third-order valence-corrected chi connectivity index (χ3v) is 4.89. The van der Waals surface area contributed by atoms with Crippen molar-refractivity contribution in [1.29, 1.82) is 0 Å². The van der Waals surface area contributed by atoms with Crippen LogP contribution in [0.4, 0.5) is 5.69 Å². The molecule has 1 N–H and O–H groups in total. The van der Waals surface area contributed by atoms with Crippen molar-refractivity contribution < 1.29 is 4.79 Å². The molecule has 0 bridgehead atoms. The molecule has 5 heteroatoms. The largest absolute Gasteiger partial charge is 0.378 e. The fourth-order valence-electron chi connectivity index (χ4n) is 3.22. The normalized spacial score (nSPS) is 13.8. The van der Waals surface area contributed by atoms with Gasteiger partial charge >= 0.3 is 0 Å². The van der Waals surface area contributed by atoms with Gasteiger partial charge in [0.15, 0.2) is 5.69 Å². The summed E-state index contributed by atoms with van der Waals surface area (Å²) < 4.78 is 2.06. The first-order valence-electron chi connectivity index (χ1n) is 9.15. The van der Waals surface area contributed by atoms with E-state index in [0.717, 1.165) is 30.6 Å². The average molecular weight is 348 g/mol. The number of rotatable bonds is 6. The van der Waals surface area contributed by atoms with Gasteiger partial charge in [-0.3, -0.25) is 4.79 Å². The number of pyridine rings is 1. The van der Waals surface area contributed by atoms with Gasteiger partial charge in [-0.15, -0.1) is 0 Å². The van der Waals surface area contributed by atoms with Gasteiger partial charge in [0.2, 0.25) is 0 Å². The Labute approximate surface area is 153 Å². The van der Waals surface area contributed by atoms with Crippen molar-refractivity contribution in [2.75, 3.05) is 25.5 Å². The van der Waals surface area contributed by atoms with Gasteiger partial charge in [-0.1, -0.05) is 18.2 Å². The Bertz CT molecular complexity index is 923. The minimum absolute atomic E-state index is 0.0921. The molecule has 1 aromatic carbocycles. The number of amides is 1. The van der Waals surface area contributed by atoms with E-state index in [1.807, 2.05) is 38.5 Å². The van der Waals surface area contributed by atoms with Crippen molar-refractivity contribution in [2.45, 2.75) is 25.2 Å². The van der Waals surface area contributed by atoms with Gasteiger partial charge < -0.3 is 14.6 Å². The molecular formula is C21H24N4O. The van der Waals surface area contributed by atoms with Crippen molar-refractivity contribution in [1.82, 2.24) is 14.7 Å². The maximum absolute atomic E-state index is 12.7. The molecule has 0 spiro atoms. The Morgan fingerprint density at radius 3 is 2.65 bits per heavy atom. The molecule has 2 aromatic heterocycles. The van der Waals surface area contributed by atoms with Crippen molar-refractivity contribution in [3.63, 3.8) is 0 Å². The number of benzene rings is 1. The van der Waals surface area contributed by atoms with E-state index in [9.17, 15) is 4.79 Å². The first kappa shape index (κ1) is 16.6. The van der Waals surface area contributed by atoms with Crippen LogP contribution in [0.25, 0.3) is 5.52 Å². The maximum Gasteiger partial charge on any atom is 0.272 e. The lowest BCUT2D eigenvalue weighted by molar-refractivity contribution is 0.0951. The molecule has 1 aliphatic rings. The van der Waals surface area contributed by atoms with Gasteiger partial charge in [0.1, 0.15) is 5.82 Å². The molecular weight excluding hydrogens is 324 g/mol. The molecule has 1 fully saturated rings. The van der Waals surface area contributed by atoms with Gasteiger partial charge in [-0.05, 0) is 49.1 Å². The van der Waals surface area contributed by atoms with Crippen LogP contribution in [-0.2, 0) is 6.42 Å². The van der Waals surface area contributed by atoms with E-state index in [-0.39, 0.29) is 5.91 Å². The van der Waals surface area contributed by atoms with E-state index in [4.69, 9.17) is 0 Å². The predicted molar refractivity (Wildman–Crippen MR) is 104 cm³/mol. The number of anilines is 1. The Hall–Kier alpha value is -2.82. The molecule has 5 nitrogen and oxygen atoms in total. The molecule has 2 heterocycles. The molecule has 4 rings (SSSR count). The number of aromatic nitrogens is 2. The average Bonchev–Trinajstić information content (AvgIpc) is 3.42. The number of hydrogen-bond acceptors (Lipinski definition) is 3. The number of fused-ring (bicyclic) bond motifs is 1. The number of nitrogens with one attached hydrogen (secondary N) is 1. The zero-order valence-corrected chi connectivity index (χ0v) is 15.3. The fourth-order valence-corrected chi connectivity index (χ4v) is 3.22. The molecule has 1 saturated carbocycles. The third kappa shape index (κ3) is 3.29. The Kier molecular flexibility index (Phi) is 4.37. The summed E-state index contributed by atoms with van der Waals surface area (Å²) in [5.41, 5.74) is 3.82. The summed E-state index contributed by atoms with van der Waals surface area (Å²) in [4.78, 5) is 19.4. The first-order chi connectivity index (χ1) is 12.6. The molecule has 0 saturated heterocycles. The summed E-state index contributed by atoms with van der Waals surface area (Å²) in [6.07, 6.45) is 5.13. The van der Waals surface area contributed by atoms with Gasteiger partial charge in [0, 0.05) is 38.4 Å². The van der Waals surface area contributed by atoms with Crippen LogP contribution in [0.3, 0.4) is 0 Å². The highest BCUT2D eigenvalue weighted by atomic mass is 16.1. The zero-order chi connectivity index (χ0) is 18.1. The second-order valence-electron chi connectivity index (χ2n) is 7.12. The highest BCUT2D eigenvalue weighted by molar-refractivity contribution is 5.99. The van der Waals surface area contributed by atoms with Gasteiger partial charge in [-0.2, -0.15) is 0 Å². The quantitative estimate of drug-likeness (QED) is 0.744. The van der Waals surface area contributed by atoms with E-state index >= 15 is 0 Å². The molecule has 0 radical (unpaired) electrons. The van der Waals surface area contributed by atoms with Crippen LogP contribution < -0.4 is 10.2 Å². The summed E-state index contributed by atoms with van der Waals surface area (Å²) in [5, 5.41) is 3.02. The molecule has 0 aliphatic heterocycles.